The van der Waals surface area contributed by atoms with Crippen LogP contribution in [-0.4, -0.2) is 41.1 Å². The second kappa shape index (κ2) is 11.4. The molecule has 0 fully saturated rings. The van der Waals surface area contributed by atoms with Gasteiger partial charge in [-0.1, -0.05) is 51.3 Å². The summed E-state index contributed by atoms with van der Waals surface area (Å²) in [6.45, 7) is 3.65. The monoisotopic (exact) mass is 539 g/mol. The molecule has 0 heterocycles. The van der Waals surface area contributed by atoms with Crippen molar-refractivity contribution in [2.45, 2.75) is 26.1 Å². The van der Waals surface area contributed by atoms with E-state index in [-0.39, 0.29) is 11.1 Å². The molecule has 2 N–H and O–H groups in total. The molecule has 0 aliphatic heterocycles. The Morgan fingerprint density at radius 3 is 1.57 bits per heavy atom. The maximum atomic E-state index is 13.1. The summed E-state index contributed by atoms with van der Waals surface area (Å²) in [6.07, 6.45) is -4.08. The highest BCUT2D eigenvalue weighted by atomic mass is 79.9. The van der Waals surface area contributed by atoms with Gasteiger partial charge >= 0.3 is 17.9 Å². The summed E-state index contributed by atoms with van der Waals surface area (Å²) in [5.74, 6) is -4.56. The summed E-state index contributed by atoms with van der Waals surface area (Å²) in [5, 5.41) is 12.3. The molecule has 180 valence electrons. The number of carboxylic acid groups (broad SMARTS) is 1. The first-order chi connectivity index (χ1) is 16.6. The second-order valence-electron chi connectivity index (χ2n) is 7.72. The SMILES string of the molecule is Cc1ccc(C(=O)O[C@H](C(=O)O)[C@@H](OC(=O)c2ccc(C)cc2)C(=O)Nc2ccc(Br)cc2)cc1. The van der Waals surface area contributed by atoms with E-state index in [1.165, 1.54) is 24.3 Å². The van der Waals surface area contributed by atoms with Gasteiger partial charge in [-0.15, -0.1) is 0 Å². The standard InChI is InChI=1S/C26H22BrNO7/c1-15-3-7-17(8-4-15)25(32)34-21(23(29)28-20-13-11-19(27)12-14-20)22(24(30)31)35-26(33)18-9-5-16(2)6-10-18/h3-14,21-22H,1-2H3,(H,28,29)(H,30,31)/t21-,22+/m1/s1. The Balaban J connectivity index is 1.90. The van der Waals surface area contributed by atoms with Crippen LogP contribution in [0.5, 0.6) is 0 Å². The molecule has 9 heteroatoms. The summed E-state index contributed by atoms with van der Waals surface area (Å²) in [7, 11) is 0. The van der Waals surface area contributed by atoms with E-state index in [0.29, 0.717) is 5.69 Å². The van der Waals surface area contributed by atoms with Gasteiger partial charge in [-0.25, -0.2) is 14.4 Å². The number of esters is 2. The van der Waals surface area contributed by atoms with Crippen LogP contribution in [0.3, 0.4) is 0 Å². The van der Waals surface area contributed by atoms with Crippen molar-refractivity contribution in [1.29, 1.82) is 0 Å². The van der Waals surface area contributed by atoms with Crippen molar-refractivity contribution >= 4 is 45.4 Å². The number of carbonyl (C=O) groups is 4. The van der Waals surface area contributed by atoms with Gasteiger partial charge in [-0.3, -0.25) is 4.79 Å². The predicted octanol–water partition coefficient (Wildman–Crippen LogP) is 4.54. The van der Waals surface area contributed by atoms with Gasteiger partial charge in [-0.2, -0.15) is 0 Å². The van der Waals surface area contributed by atoms with Crippen molar-refractivity contribution in [3.63, 3.8) is 0 Å². The number of amides is 1. The molecule has 0 aliphatic rings. The van der Waals surface area contributed by atoms with Crippen molar-refractivity contribution in [3.8, 4) is 0 Å². The van der Waals surface area contributed by atoms with Crippen LogP contribution >= 0.6 is 15.9 Å². The molecule has 3 aromatic rings. The van der Waals surface area contributed by atoms with Gasteiger partial charge in [0, 0.05) is 10.2 Å². The Bertz CT molecular complexity index is 1220. The Kier molecular flexibility index (Phi) is 8.38. The number of hydrogen-bond acceptors (Lipinski definition) is 6. The van der Waals surface area contributed by atoms with Crippen LogP contribution in [0.4, 0.5) is 5.69 Å². The van der Waals surface area contributed by atoms with E-state index in [0.717, 1.165) is 15.6 Å². The van der Waals surface area contributed by atoms with E-state index in [1.807, 2.05) is 13.8 Å². The third kappa shape index (κ3) is 7.00. The lowest BCUT2D eigenvalue weighted by Gasteiger charge is -2.23. The normalized spacial score (nSPS) is 12.2. The molecule has 0 saturated heterocycles. The number of hydrogen-bond donors (Lipinski definition) is 2. The number of carboxylic acids is 1. The second-order valence-corrected chi connectivity index (χ2v) is 8.63. The topological polar surface area (TPSA) is 119 Å². The fraction of sp³-hybridized carbons (Fsp3) is 0.154. The number of aliphatic carboxylic acids is 1. The van der Waals surface area contributed by atoms with Gasteiger partial charge in [0.05, 0.1) is 11.1 Å². The van der Waals surface area contributed by atoms with Gasteiger partial charge in [-0.05, 0) is 62.4 Å². The van der Waals surface area contributed by atoms with Crippen molar-refractivity contribution in [2.75, 3.05) is 5.32 Å². The molecule has 35 heavy (non-hydrogen) atoms. The zero-order valence-electron chi connectivity index (χ0n) is 18.9. The average molecular weight is 540 g/mol. The maximum absolute atomic E-state index is 13.1. The molecule has 0 unspecified atom stereocenters. The van der Waals surface area contributed by atoms with Crippen molar-refractivity contribution in [1.82, 2.24) is 0 Å². The molecular weight excluding hydrogens is 518 g/mol. The number of anilines is 1. The molecule has 0 aromatic heterocycles. The lowest BCUT2D eigenvalue weighted by atomic mass is 10.1. The molecule has 0 aliphatic carbocycles. The minimum absolute atomic E-state index is 0.0822. The van der Waals surface area contributed by atoms with Gasteiger partial charge in [0.2, 0.25) is 12.2 Å². The number of aryl methyl sites for hydroxylation is 2. The Morgan fingerprint density at radius 2 is 1.14 bits per heavy atom. The highest BCUT2D eigenvalue weighted by Crippen LogP contribution is 2.18. The van der Waals surface area contributed by atoms with Gasteiger partial charge < -0.3 is 19.9 Å². The number of rotatable bonds is 8. The Morgan fingerprint density at radius 1 is 0.714 bits per heavy atom. The van der Waals surface area contributed by atoms with Gasteiger partial charge in [0.25, 0.3) is 5.91 Å². The van der Waals surface area contributed by atoms with Crippen molar-refractivity contribution in [2.24, 2.45) is 0 Å². The lowest BCUT2D eigenvalue weighted by molar-refractivity contribution is -0.157. The van der Waals surface area contributed by atoms with Gasteiger partial charge in [0.15, 0.2) is 0 Å². The zero-order valence-corrected chi connectivity index (χ0v) is 20.4. The Labute approximate surface area is 210 Å². The number of nitrogens with one attached hydrogen (secondary N) is 1. The highest BCUT2D eigenvalue weighted by Gasteiger charge is 2.41. The molecule has 0 spiro atoms. The van der Waals surface area contributed by atoms with Crippen LogP contribution in [0.25, 0.3) is 0 Å². The third-order valence-electron chi connectivity index (χ3n) is 4.93. The van der Waals surface area contributed by atoms with Gasteiger partial charge in [0.1, 0.15) is 0 Å². The number of halogens is 1. The summed E-state index contributed by atoms with van der Waals surface area (Å²) < 4.78 is 11.2. The zero-order chi connectivity index (χ0) is 25.5. The van der Waals surface area contributed by atoms with E-state index in [2.05, 4.69) is 21.2 Å². The summed E-state index contributed by atoms with van der Waals surface area (Å²) in [4.78, 5) is 50.5. The number of carbonyl (C=O) groups excluding carboxylic acids is 3. The van der Waals surface area contributed by atoms with E-state index in [1.54, 1.807) is 48.5 Å². The molecule has 2 atom stereocenters. The summed E-state index contributed by atoms with van der Waals surface area (Å²) in [5.41, 5.74) is 2.28. The van der Waals surface area contributed by atoms with Crippen LogP contribution in [0.2, 0.25) is 0 Å². The smallest absolute Gasteiger partial charge is 0.349 e. The largest absolute Gasteiger partial charge is 0.478 e. The molecule has 1 amide bonds. The first-order valence-electron chi connectivity index (χ1n) is 10.5. The van der Waals surface area contributed by atoms with Crippen LogP contribution in [0.15, 0.2) is 77.3 Å². The van der Waals surface area contributed by atoms with E-state index < -0.39 is 36.0 Å². The van der Waals surface area contributed by atoms with E-state index >= 15 is 0 Å². The molecule has 8 nitrogen and oxygen atoms in total. The number of ether oxygens (including phenoxy) is 2. The van der Waals surface area contributed by atoms with E-state index in [9.17, 15) is 24.3 Å². The highest BCUT2D eigenvalue weighted by molar-refractivity contribution is 9.10. The fourth-order valence-electron chi connectivity index (χ4n) is 2.99. The maximum Gasteiger partial charge on any atom is 0.349 e. The molecule has 0 radical (unpaired) electrons. The summed E-state index contributed by atoms with van der Waals surface area (Å²) in [6, 6.07) is 19.0. The molecule has 3 rings (SSSR count). The Hall–Kier alpha value is -3.98. The van der Waals surface area contributed by atoms with Crippen molar-refractivity contribution < 1.29 is 33.8 Å². The quantitative estimate of drug-likeness (QED) is 0.403. The van der Waals surface area contributed by atoms with Crippen LogP contribution in [0, 0.1) is 13.8 Å². The molecular formula is C26H22BrNO7. The first-order valence-corrected chi connectivity index (χ1v) is 11.3. The minimum Gasteiger partial charge on any atom is -0.478 e. The molecule has 0 bridgehead atoms. The predicted molar refractivity (Wildman–Crippen MR) is 131 cm³/mol. The first kappa shape index (κ1) is 25.6. The average Bonchev–Trinajstić information content (AvgIpc) is 2.83. The number of benzene rings is 3. The molecule has 0 saturated carbocycles. The van der Waals surface area contributed by atoms with E-state index in [4.69, 9.17) is 9.47 Å². The fourth-order valence-corrected chi connectivity index (χ4v) is 3.25. The third-order valence-corrected chi connectivity index (χ3v) is 5.46. The summed E-state index contributed by atoms with van der Waals surface area (Å²) >= 11 is 3.28. The van der Waals surface area contributed by atoms with Crippen LogP contribution in [-0.2, 0) is 19.1 Å². The lowest BCUT2D eigenvalue weighted by Crippen LogP contribution is -2.48. The minimum atomic E-state index is -2.10. The van der Waals surface area contributed by atoms with Crippen molar-refractivity contribution in [3.05, 3.63) is 99.5 Å². The molecule has 3 aromatic carbocycles. The van der Waals surface area contributed by atoms with Crippen LogP contribution in [0.1, 0.15) is 31.8 Å². The van der Waals surface area contributed by atoms with Crippen LogP contribution < -0.4 is 5.32 Å².